The van der Waals surface area contributed by atoms with Crippen LogP contribution in [0.2, 0.25) is 0 Å². The van der Waals surface area contributed by atoms with Crippen molar-refractivity contribution in [2.45, 2.75) is 0 Å². The Kier molecular flexibility index (Phi) is 4.35. The first-order chi connectivity index (χ1) is 7.71. The summed E-state index contributed by atoms with van der Waals surface area (Å²) in [5.41, 5.74) is 2.83. The van der Waals surface area contributed by atoms with E-state index in [0.29, 0.717) is 11.5 Å². The van der Waals surface area contributed by atoms with Crippen LogP contribution in [0.15, 0.2) is 24.3 Å². The predicted molar refractivity (Wildman–Crippen MR) is 60.9 cm³/mol. The summed E-state index contributed by atoms with van der Waals surface area (Å²) in [6, 6.07) is 5.33. The third-order valence-corrected chi connectivity index (χ3v) is 1.98. The van der Waals surface area contributed by atoms with Crippen LogP contribution in [-0.4, -0.2) is 20.1 Å². The lowest BCUT2D eigenvalue weighted by molar-refractivity contribution is -0.116. The molecule has 0 unspecified atom stereocenters. The summed E-state index contributed by atoms with van der Waals surface area (Å²) in [6.45, 7) is 0. The second kappa shape index (κ2) is 5.77. The molecular weight excluding hydrogens is 208 g/mol. The lowest BCUT2D eigenvalue weighted by Gasteiger charge is -2.07. The van der Waals surface area contributed by atoms with Crippen molar-refractivity contribution in [2.24, 2.45) is 5.84 Å². The van der Waals surface area contributed by atoms with E-state index in [1.54, 1.807) is 32.4 Å². The Morgan fingerprint density at radius 3 is 2.56 bits per heavy atom. The zero-order valence-electron chi connectivity index (χ0n) is 9.19. The maximum absolute atomic E-state index is 10.9. The van der Waals surface area contributed by atoms with Crippen molar-refractivity contribution >= 4 is 12.0 Å². The van der Waals surface area contributed by atoms with E-state index in [-0.39, 0.29) is 5.91 Å². The number of amides is 1. The molecule has 0 aliphatic carbocycles. The van der Waals surface area contributed by atoms with Crippen LogP contribution in [0.3, 0.4) is 0 Å². The molecule has 0 aromatic heterocycles. The number of nitrogens with two attached hydrogens (primary N) is 1. The third-order valence-electron chi connectivity index (χ3n) is 1.98. The number of nitrogens with one attached hydrogen (secondary N) is 1. The van der Waals surface area contributed by atoms with Crippen molar-refractivity contribution in [1.29, 1.82) is 0 Å². The minimum absolute atomic E-state index is 0.366. The Morgan fingerprint density at radius 2 is 2.00 bits per heavy atom. The van der Waals surface area contributed by atoms with Gasteiger partial charge in [0.15, 0.2) is 11.5 Å². The van der Waals surface area contributed by atoms with E-state index in [1.807, 2.05) is 11.5 Å². The number of rotatable bonds is 4. The molecule has 0 saturated heterocycles. The molecule has 1 rings (SSSR count). The Hall–Kier alpha value is -2.01. The summed E-state index contributed by atoms with van der Waals surface area (Å²) < 4.78 is 10.2. The van der Waals surface area contributed by atoms with Gasteiger partial charge in [-0.05, 0) is 23.8 Å². The molecule has 16 heavy (non-hydrogen) atoms. The van der Waals surface area contributed by atoms with Gasteiger partial charge in [-0.15, -0.1) is 0 Å². The summed E-state index contributed by atoms with van der Waals surface area (Å²) in [5.74, 6) is 5.83. The molecule has 86 valence electrons. The molecule has 0 spiro atoms. The van der Waals surface area contributed by atoms with Crippen LogP contribution in [0.4, 0.5) is 0 Å². The molecule has 0 aliphatic rings. The van der Waals surface area contributed by atoms with Crippen LogP contribution >= 0.6 is 0 Å². The SMILES string of the molecule is COc1ccc(C=CC(=O)NN)cc1OC. The molecular formula is C11H14N2O3. The fourth-order valence-electron chi connectivity index (χ4n) is 1.18. The molecule has 3 N–H and O–H groups in total. The van der Waals surface area contributed by atoms with Gasteiger partial charge in [0.25, 0.3) is 5.91 Å². The largest absolute Gasteiger partial charge is 0.493 e. The first-order valence-electron chi connectivity index (χ1n) is 4.62. The monoisotopic (exact) mass is 222 g/mol. The number of carbonyl (C=O) groups excluding carboxylic acids is 1. The molecule has 0 bridgehead atoms. The van der Waals surface area contributed by atoms with Crippen LogP contribution in [0.25, 0.3) is 6.08 Å². The zero-order chi connectivity index (χ0) is 12.0. The van der Waals surface area contributed by atoms with E-state index in [1.165, 1.54) is 6.08 Å². The minimum Gasteiger partial charge on any atom is -0.493 e. The van der Waals surface area contributed by atoms with Gasteiger partial charge in [0.2, 0.25) is 0 Å². The van der Waals surface area contributed by atoms with Crippen molar-refractivity contribution in [1.82, 2.24) is 5.43 Å². The number of methoxy groups -OCH3 is 2. The normalized spacial score (nSPS) is 10.2. The standard InChI is InChI=1S/C11H14N2O3/c1-15-9-5-3-8(7-10(9)16-2)4-6-11(14)13-12/h3-7H,12H2,1-2H3,(H,13,14). The Bertz CT molecular complexity index is 402. The highest BCUT2D eigenvalue weighted by molar-refractivity contribution is 5.91. The van der Waals surface area contributed by atoms with E-state index >= 15 is 0 Å². The molecule has 0 fully saturated rings. The van der Waals surface area contributed by atoms with Crippen LogP contribution in [0, 0.1) is 0 Å². The first-order valence-corrected chi connectivity index (χ1v) is 4.62. The number of hydrogen-bond acceptors (Lipinski definition) is 4. The van der Waals surface area contributed by atoms with Gasteiger partial charge >= 0.3 is 0 Å². The molecule has 1 amide bonds. The zero-order valence-corrected chi connectivity index (χ0v) is 9.19. The Labute approximate surface area is 93.8 Å². The summed E-state index contributed by atoms with van der Waals surface area (Å²) >= 11 is 0. The van der Waals surface area contributed by atoms with Crippen molar-refractivity contribution in [3.63, 3.8) is 0 Å². The molecule has 5 nitrogen and oxygen atoms in total. The molecule has 1 aromatic carbocycles. The lowest BCUT2D eigenvalue weighted by Crippen LogP contribution is -2.27. The number of hydrazine groups is 1. The average Bonchev–Trinajstić information content (AvgIpc) is 2.35. The number of carbonyl (C=O) groups is 1. The quantitative estimate of drug-likeness (QED) is 0.340. The highest BCUT2D eigenvalue weighted by atomic mass is 16.5. The molecule has 0 aliphatic heterocycles. The number of benzene rings is 1. The summed E-state index contributed by atoms with van der Waals surface area (Å²) in [6.07, 6.45) is 2.96. The third kappa shape index (κ3) is 2.99. The Morgan fingerprint density at radius 1 is 1.31 bits per heavy atom. The van der Waals surface area contributed by atoms with Gasteiger partial charge in [-0.2, -0.15) is 0 Å². The second-order valence-corrected chi connectivity index (χ2v) is 2.96. The van der Waals surface area contributed by atoms with E-state index in [9.17, 15) is 4.79 Å². The average molecular weight is 222 g/mol. The molecule has 0 heterocycles. The van der Waals surface area contributed by atoms with Crippen molar-refractivity contribution in [2.75, 3.05) is 14.2 Å². The molecule has 0 atom stereocenters. The van der Waals surface area contributed by atoms with Crippen LogP contribution in [0.1, 0.15) is 5.56 Å². The van der Waals surface area contributed by atoms with Gasteiger partial charge in [0.1, 0.15) is 0 Å². The van der Waals surface area contributed by atoms with Gasteiger partial charge in [0, 0.05) is 6.08 Å². The van der Waals surface area contributed by atoms with Gasteiger partial charge < -0.3 is 9.47 Å². The lowest BCUT2D eigenvalue weighted by atomic mass is 10.2. The minimum atomic E-state index is -0.366. The molecule has 0 radical (unpaired) electrons. The maximum atomic E-state index is 10.9. The molecule has 1 aromatic rings. The van der Waals surface area contributed by atoms with Crippen LogP contribution < -0.4 is 20.7 Å². The summed E-state index contributed by atoms with van der Waals surface area (Å²) in [7, 11) is 3.12. The summed E-state index contributed by atoms with van der Waals surface area (Å²) in [4.78, 5) is 10.9. The molecule has 5 heteroatoms. The van der Waals surface area contributed by atoms with Gasteiger partial charge in [-0.25, -0.2) is 5.84 Å². The molecule has 0 saturated carbocycles. The van der Waals surface area contributed by atoms with Gasteiger partial charge in [-0.1, -0.05) is 6.07 Å². The maximum Gasteiger partial charge on any atom is 0.257 e. The van der Waals surface area contributed by atoms with Crippen molar-refractivity contribution < 1.29 is 14.3 Å². The highest BCUT2D eigenvalue weighted by Crippen LogP contribution is 2.27. The number of hydrogen-bond donors (Lipinski definition) is 2. The fraction of sp³-hybridized carbons (Fsp3) is 0.182. The summed E-state index contributed by atoms with van der Waals surface area (Å²) in [5, 5.41) is 0. The van der Waals surface area contributed by atoms with Crippen LogP contribution in [-0.2, 0) is 4.79 Å². The van der Waals surface area contributed by atoms with E-state index in [2.05, 4.69) is 0 Å². The number of ether oxygens (including phenoxy) is 2. The van der Waals surface area contributed by atoms with Crippen LogP contribution in [0.5, 0.6) is 11.5 Å². The Balaban J connectivity index is 2.91. The highest BCUT2D eigenvalue weighted by Gasteiger charge is 2.02. The van der Waals surface area contributed by atoms with Crippen molar-refractivity contribution in [3.8, 4) is 11.5 Å². The van der Waals surface area contributed by atoms with Crippen molar-refractivity contribution in [3.05, 3.63) is 29.8 Å². The van der Waals surface area contributed by atoms with E-state index in [4.69, 9.17) is 15.3 Å². The second-order valence-electron chi connectivity index (χ2n) is 2.96. The van der Waals surface area contributed by atoms with Gasteiger partial charge in [0.05, 0.1) is 14.2 Å². The topological polar surface area (TPSA) is 73.6 Å². The van der Waals surface area contributed by atoms with Gasteiger partial charge in [-0.3, -0.25) is 10.2 Å². The van der Waals surface area contributed by atoms with E-state index < -0.39 is 0 Å². The van der Waals surface area contributed by atoms with E-state index in [0.717, 1.165) is 5.56 Å². The first kappa shape index (κ1) is 12.1. The predicted octanol–water partition coefficient (Wildman–Crippen LogP) is 0.707. The smallest absolute Gasteiger partial charge is 0.257 e. The fourth-order valence-corrected chi connectivity index (χ4v) is 1.18.